The van der Waals surface area contributed by atoms with Gasteiger partial charge < -0.3 is 5.73 Å². The van der Waals surface area contributed by atoms with Crippen LogP contribution >= 0.6 is 0 Å². The lowest BCUT2D eigenvalue weighted by atomic mass is 10.0. The largest absolute Gasteiger partial charge is 0.366 e. The molecule has 0 radical (unpaired) electrons. The standard InChI is InChI=1S/C9H15NO/c1-7(9(10)11)6-8-4-2-3-5-8/h6,8H,2-5H2,1H3,(H2,10,11)/b7-6+. The van der Waals surface area contributed by atoms with E-state index in [1.165, 1.54) is 25.7 Å². The van der Waals surface area contributed by atoms with E-state index in [-0.39, 0.29) is 5.91 Å². The van der Waals surface area contributed by atoms with Crippen molar-refractivity contribution in [3.05, 3.63) is 11.6 Å². The van der Waals surface area contributed by atoms with Gasteiger partial charge in [-0.3, -0.25) is 4.79 Å². The minimum Gasteiger partial charge on any atom is -0.366 e. The van der Waals surface area contributed by atoms with Crippen LogP contribution in [0.5, 0.6) is 0 Å². The zero-order chi connectivity index (χ0) is 8.27. The van der Waals surface area contributed by atoms with Crippen LogP contribution in [0.25, 0.3) is 0 Å². The molecule has 0 aromatic heterocycles. The van der Waals surface area contributed by atoms with Gasteiger partial charge in [-0.2, -0.15) is 0 Å². The Hall–Kier alpha value is -0.790. The molecule has 2 N–H and O–H groups in total. The number of hydrogen-bond donors (Lipinski definition) is 1. The van der Waals surface area contributed by atoms with Crippen molar-refractivity contribution in [2.75, 3.05) is 0 Å². The first-order valence-electron chi connectivity index (χ1n) is 4.18. The second-order valence-electron chi connectivity index (χ2n) is 3.26. The monoisotopic (exact) mass is 153 g/mol. The van der Waals surface area contributed by atoms with E-state index in [1.54, 1.807) is 6.92 Å². The van der Waals surface area contributed by atoms with Crippen molar-refractivity contribution in [3.8, 4) is 0 Å². The Balaban J connectivity index is 2.49. The van der Waals surface area contributed by atoms with Gasteiger partial charge in [-0.05, 0) is 25.7 Å². The molecule has 1 aliphatic carbocycles. The molecule has 0 aliphatic heterocycles. The maximum Gasteiger partial charge on any atom is 0.244 e. The van der Waals surface area contributed by atoms with E-state index in [0.29, 0.717) is 5.92 Å². The van der Waals surface area contributed by atoms with Crippen LogP contribution in [0, 0.1) is 5.92 Å². The molecule has 0 unspecified atom stereocenters. The molecule has 2 nitrogen and oxygen atoms in total. The molecule has 1 fully saturated rings. The van der Waals surface area contributed by atoms with Gasteiger partial charge in [0.25, 0.3) is 0 Å². The van der Waals surface area contributed by atoms with Gasteiger partial charge in [0.05, 0.1) is 0 Å². The molecule has 0 heterocycles. The number of amides is 1. The molecular weight excluding hydrogens is 138 g/mol. The van der Waals surface area contributed by atoms with Gasteiger partial charge in [0.1, 0.15) is 0 Å². The number of carbonyl (C=O) groups is 1. The number of carbonyl (C=O) groups excluding carboxylic acids is 1. The van der Waals surface area contributed by atoms with E-state index in [1.807, 2.05) is 6.08 Å². The third-order valence-corrected chi connectivity index (χ3v) is 2.27. The molecule has 0 spiro atoms. The van der Waals surface area contributed by atoms with Gasteiger partial charge in [0, 0.05) is 5.57 Å². The smallest absolute Gasteiger partial charge is 0.244 e. The Bertz CT molecular complexity index is 178. The van der Waals surface area contributed by atoms with E-state index < -0.39 is 0 Å². The summed E-state index contributed by atoms with van der Waals surface area (Å²) in [6.45, 7) is 1.79. The Morgan fingerprint density at radius 3 is 2.45 bits per heavy atom. The Morgan fingerprint density at radius 1 is 1.45 bits per heavy atom. The van der Waals surface area contributed by atoms with Crippen molar-refractivity contribution >= 4 is 5.91 Å². The van der Waals surface area contributed by atoms with Crippen LogP contribution in [0.3, 0.4) is 0 Å². The first-order chi connectivity index (χ1) is 5.20. The van der Waals surface area contributed by atoms with Crippen molar-refractivity contribution in [1.29, 1.82) is 0 Å². The van der Waals surface area contributed by atoms with Crippen LogP contribution in [-0.4, -0.2) is 5.91 Å². The second kappa shape index (κ2) is 3.56. The molecule has 0 saturated heterocycles. The van der Waals surface area contributed by atoms with E-state index in [2.05, 4.69) is 0 Å². The molecule has 1 rings (SSSR count). The molecule has 0 bridgehead atoms. The summed E-state index contributed by atoms with van der Waals surface area (Å²) >= 11 is 0. The van der Waals surface area contributed by atoms with Crippen molar-refractivity contribution < 1.29 is 4.79 Å². The molecular formula is C9H15NO. The highest BCUT2D eigenvalue weighted by molar-refractivity contribution is 5.91. The number of primary amides is 1. The fourth-order valence-corrected chi connectivity index (χ4v) is 1.56. The Kier molecular flexibility index (Phi) is 2.69. The number of nitrogens with two attached hydrogens (primary N) is 1. The highest BCUT2D eigenvalue weighted by Crippen LogP contribution is 2.26. The third kappa shape index (κ3) is 2.37. The van der Waals surface area contributed by atoms with Crippen molar-refractivity contribution in [2.45, 2.75) is 32.6 Å². The van der Waals surface area contributed by atoms with Crippen molar-refractivity contribution in [2.24, 2.45) is 11.7 Å². The maximum atomic E-state index is 10.6. The number of rotatable bonds is 2. The molecule has 1 saturated carbocycles. The van der Waals surface area contributed by atoms with Gasteiger partial charge >= 0.3 is 0 Å². The lowest BCUT2D eigenvalue weighted by Gasteiger charge is -2.01. The van der Waals surface area contributed by atoms with E-state index in [9.17, 15) is 4.79 Å². The van der Waals surface area contributed by atoms with Crippen LogP contribution in [-0.2, 0) is 4.79 Å². The molecule has 11 heavy (non-hydrogen) atoms. The molecule has 0 aromatic carbocycles. The zero-order valence-electron chi connectivity index (χ0n) is 6.97. The molecule has 62 valence electrons. The molecule has 1 aliphatic rings. The van der Waals surface area contributed by atoms with Gasteiger partial charge in [-0.25, -0.2) is 0 Å². The first-order valence-corrected chi connectivity index (χ1v) is 4.18. The summed E-state index contributed by atoms with van der Waals surface area (Å²) in [6, 6.07) is 0. The fourth-order valence-electron chi connectivity index (χ4n) is 1.56. The second-order valence-corrected chi connectivity index (χ2v) is 3.26. The number of hydrogen-bond acceptors (Lipinski definition) is 1. The summed E-state index contributed by atoms with van der Waals surface area (Å²) in [5.74, 6) is 0.333. The summed E-state index contributed by atoms with van der Waals surface area (Å²) in [5.41, 5.74) is 5.83. The Labute approximate surface area is 67.5 Å². The maximum absolute atomic E-state index is 10.6. The van der Waals surface area contributed by atoms with Crippen LogP contribution in [0.1, 0.15) is 32.6 Å². The zero-order valence-corrected chi connectivity index (χ0v) is 6.97. The highest BCUT2D eigenvalue weighted by Gasteiger charge is 2.13. The quantitative estimate of drug-likeness (QED) is 0.602. The average Bonchev–Trinajstić information content (AvgIpc) is 2.39. The number of allylic oxidation sites excluding steroid dienone is 1. The first kappa shape index (κ1) is 8.31. The van der Waals surface area contributed by atoms with E-state index in [4.69, 9.17) is 5.73 Å². The van der Waals surface area contributed by atoms with Crippen LogP contribution in [0.15, 0.2) is 11.6 Å². The third-order valence-electron chi connectivity index (χ3n) is 2.27. The molecule has 0 atom stereocenters. The lowest BCUT2D eigenvalue weighted by Crippen LogP contribution is -2.12. The SMILES string of the molecule is C/C(=C\C1CCCC1)C(N)=O. The van der Waals surface area contributed by atoms with Gasteiger partial charge in [-0.1, -0.05) is 18.9 Å². The summed E-state index contributed by atoms with van der Waals surface area (Å²) in [5, 5.41) is 0. The fraction of sp³-hybridized carbons (Fsp3) is 0.667. The van der Waals surface area contributed by atoms with Gasteiger partial charge in [0.2, 0.25) is 5.91 Å². The minimum atomic E-state index is -0.281. The molecule has 1 amide bonds. The lowest BCUT2D eigenvalue weighted by molar-refractivity contribution is -0.114. The van der Waals surface area contributed by atoms with Crippen LogP contribution < -0.4 is 5.73 Å². The van der Waals surface area contributed by atoms with Crippen LogP contribution in [0.2, 0.25) is 0 Å². The van der Waals surface area contributed by atoms with Crippen molar-refractivity contribution in [1.82, 2.24) is 0 Å². The topological polar surface area (TPSA) is 43.1 Å². The minimum absolute atomic E-state index is 0.281. The Morgan fingerprint density at radius 2 is 2.00 bits per heavy atom. The normalized spacial score (nSPS) is 20.6. The predicted octanol–water partition coefficient (Wildman–Crippen LogP) is 1.61. The van der Waals surface area contributed by atoms with Crippen molar-refractivity contribution in [3.63, 3.8) is 0 Å². The average molecular weight is 153 g/mol. The summed E-state index contributed by atoms with van der Waals surface area (Å²) in [6.07, 6.45) is 7.07. The van der Waals surface area contributed by atoms with Gasteiger partial charge in [0.15, 0.2) is 0 Å². The molecule has 2 heteroatoms. The summed E-state index contributed by atoms with van der Waals surface area (Å²) in [4.78, 5) is 10.6. The van der Waals surface area contributed by atoms with Crippen LogP contribution in [0.4, 0.5) is 0 Å². The summed E-state index contributed by atoms with van der Waals surface area (Å²) in [7, 11) is 0. The predicted molar refractivity (Wildman–Crippen MR) is 44.9 cm³/mol. The van der Waals surface area contributed by atoms with Gasteiger partial charge in [-0.15, -0.1) is 0 Å². The highest BCUT2D eigenvalue weighted by atomic mass is 16.1. The summed E-state index contributed by atoms with van der Waals surface area (Å²) < 4.78 is 0. The molecule has 0 aromatic rings. The van der Waals surface area contributed by atoms with E-state index >= 15 is 0 Å². The van der Waals surface area contributed by atoms with E-state index in [0.717, 1.165) is 5.57 Å².